The highest BCUT2D eigenvalue weighted by molar-refractivity contribution is 5.48. The van der Waals surface area contributed by atoms with E-state index in [1.807, 2.05) is 12.1 Å². The van der Waals surface area contributed by atoms with Gasteiger partial charge in [0.1, 0.15) is 11.4 Å². The van der Waals surface area contributed by atoms with Crippen LogP contribution in [-0.4, -0.2) is 26.5 Å². The number of phenolic OH excluding ortho intramolecular Hbond substituents is 1. The zero-order valence-electron chi connectivity index (χ0n) is 13.5. The molecule has 3 aliphatic rings. The highest BCUT2D eigenvalue weighted by Gasteiger charge is 2.66. The first kappa shape index (κ1) is 14.5. The maximum Gasteiger partial charge on any atom is 0.119 e. The smallest absolute Gasteiger partial charge is 0.119 e. The summed E-state index contributed by atoms with van der Waals surface area (Å²) < 4.78 is 0. The summed E-state index contributed by atoms with van der Waals surface area (Å²) in [5, 5.41) is 33.4. The zero-order chi connectivity index (χ0) is 15.8. The second-order valence-electron chi connectivity index (χ2n) is 8.32. The predicted octanol–water partition coefficient (Wildman–Crippen LogP) is 3.11. The standard InChI is InChI=1S/C19H26O3/c1-17-9-4-7-15(17)19(22)13(8-10-17)16-12(11-18(19,2)21)5-3-6-14(16)20/h3,5-6,13,15,20-22H,4,7-11H2,1-2H3/t13-,15-,17+,18+,19?/m1/s1. The molecule has 0 aromatic heterocycles. The molecule has 0 radical (unpaired) electrons. The summed E-state index contributed by atoms with van der Waals surface area (Å²) >= 11 is 0. The maximum atomic E-state index is 11.8. The van der Waals surface area contributed by atoms with E-state index in [1.165, 1.54) is 0 Å². The van der Waals surface area contributed by atoms with Gasteiger partial charge in [-0.1, -0.05) is 25.5 Å². The number of rotatable bonds is 0. The van der Waals surface area contributed by atoms with Gasteiger partial charge in [0.2, 0.25) is 0 Å². The van der Waals surface area contributed by atoms with Gasteiger partial charge in [0, 0.05) is 17.9 Å². The lowest BCUT2D eigenvalue weighted by Crippen LogP contribution is -2.67. The molecule has 0 aliphatic heterocycles. The van der Waals surface area contributed by atoms with Crippen LogP contribution in [0, 0.1) is 11.3 Å². The molecule has 0 spiro atoms. The summed E-state index contributed by atoms with van der Waals surface area (Å²) in [6.07, 6.45) is 5.55. The van der Waals surface area contributed by atoms with Crippen LogP contribution in [0.4, 0.5) is 0 Å². The van der Waals surface area contributed by atoms with Gasteiger partial charge in [0.15, 0.2) is 0 Å². The largest absolute Gasteiger partial charge is 0.508 e. The fourth-order valence-corrected chi connectivity index (χ4v) is 6.00. The molecule has 5 atom stereocenters. The number of benzene rings is 1. The van der Waals surface area contributed by atoms with Gasteiger partial charge in [-0.2, -0.15) is 0 Å². The Morgan fingerprint density at radius 3 is 2.64 bits per heavy atom. The van der Waals surface area contributed by atoms with E-state index < -0.39 is 11.2 Å². The number of phenols is 1. The van der Waals surface area contributed by atoms with Gasteiger partial charge >= 0.3 is 0 Å². The van der Waals surface area contributed by atoms with E-state index in [0.29, 0.717) is 6.42 Å². The van der Waals surface area contributed by atoms with Crippen molar-refractivity contribution in [2.24, 2.45) is 11.3 Å². The van der Waals surface area contributed by atoms with Crippen LogP contribution in [0.3, 0.4) is 0 Å². The number of aromatic hydroxyl groups is 1. The molecule has 3 aliphatic carbocycles. The predicted molar refractivity (Wildman–Crippen MR) is 84.8 cm³/mol. The third-order valence-electron chi connectivity index (χ3n) is 7.07. The van der Waals surface area contributed by atoms with Crippen LogP contribution in [0.1, 0.15) is 63.0 Å². The fourth-order valence-electron chi connectivity index (χ4n) is 6.00. The van der Waals surface area contributed by atoms with Crippen molar-refractivity contribution in [3.05, 3.63) is 29.3 Å². The molecule has 1 aromatic rings. The van der Waals surface area contributed by atoms with Gasteiger partial charge in [0.05, 0.1) is 5.60 Å². The SMILES string of the molecule is C[C@@]12CCC[C@H]1C1(O)[C@H](CC2)c2c(O)cccc2C[C@]1(C)O. The minimum absolute atomic E-state index is 0.113. The summed E-state index contributed by atoms with van der Waals surface area (Å²) in [4.78, 5) is 0. The van der Waals surface area contributed by atoms with Crippen molar-refractivity contribution < 1.29 is 15.3 Å². The van der Waals surface area contributed by atoms with Crippen LogP contribution in [0.25, 0.3) is 0 Å². The number of hydrogen-bond acceptors (Lipinski definition) is 3. The fraction of sp³-hybridized carbons (Fsp3) is 0.684. The van der Waals surface area contributed by atoms with Crippen LogP contribution < -0.4 is 0 Å². The molecule has 3 nitrogen and oxygen atoms in total. The molecule has 0 amide bonds. The monoisotopic (exact) mass is 302 g/mol. The Balaban J connectivity index is 1.93. The van der Waals surface area contributed by atoms with Crippen LogP contribution in [0.5, 0.6) is 5.75 Å². The van der Waals surface area contributed by atoms with E-state index in [0.717, 1.165) is 43.2 Å². The van der Waals surface area contributed by atoms with E-state index in [-0.39, 0.29) is 23.0 Å². The highest BCUT2D eigenvalue weighted by atomic mass is 16.4. The molecule has 2 fully saturated rings. The molecule has 0 heterocycles. The first-order chi connectivity index (χ1) is 10.3. The van der Waals surface area contributed by atoms with Gasteiger partial charge in [0.25, 0.3) is 0 Å². The summed E-state index contributed by atoms with van der Waals surface area (Å²) in [7, 11) is 0. The van der Waals surface area contributed by atoms with Crippen LogP contribution in [0.15, 0.2) is 18.2 Å². The Labute approximate surface area is 132 Å². The maximum absolute atomic E-state index is 11.8. The van der Waals surface area contributed by atoms with Crippen molar-refractivity contribution in [2.45, 2.75) is 69.5 Å². The third-order valence-corrected chi connectivity index (χ3v) is 7.07. The molecule has 4 rings (SSSR count). The van der Waals surface area contributed by atoms with E-state index in [4.69, 9.17) is 0 Å². The Bertz CT molecular complexity index is 623. The molecule has 1 unspecified atom stereocenters. The molecular weight excluding hydrogens is 276 g/mol. The van der Waals surface area contributed by atoms with Crippen LogP contribution in [0.2, 0.25) is 0 Å². The van der Waals surface area contributed by atoms with E-state index in [2.05, 4.69) is 6.92 Å². The quantitative estimate of drug-likeness (QED) is 0.690. The lowest BCUT2D eigenvalue weighted by molar-refractivity contribution is -0.225. The number of aliphatic hydroxyl groups is 2. The first-order valence-corrected chi connectivity index (χ1v) is 8.55. The number of hydrogen-bond donors (Lipinski definition) is 3. The van der Waals surface area contributed by atoms with E-state index in [1.54, 1.807) is 13.0 Å². The molecule has 0 bridgehead atoms. The lowest BCUT2D eigenvalue weighted by atomic mass is 9.49. The normalized spacial score (nSPS) is 46.7. The Morgan fingerprint density at radius 1 is 1.09 bits per heavy atom. The summed E-state index contributed by atoms with van der Waals surface area (Å²) in [6.45, 7) is 4.06. The minimum Gasteiger partial charge on any atom is -0.508 e. The third kappa shape index (κ3) is 1.59. The zero-order valence-corrected chi connectivity index (χ0v) is 13.5. The molecule has 22 heavy (non-hydrogen) atoms. The second-order valence-corrected chi connectivity index (χ2v) is 8.32. The Morgan fingerprint density at radius 2 is 1.86 bits per heavy atom. The van der Waals surface area contributed by atoms with Crippen molar-refractivity contribution >= 4 is 0 Å². The van der Waals surface area contributed by atoms with Gasteiger partial charge in [-0.3, -0.25) is 0 Å². The van der Waals surface area contributed by atoms with E-state index >= 15 is 0 Å². The second kappa shape index (κ2) is 4.27. The van der Waals surface area contributed by atoms with Crippen molar-refractivity contribution in [2.75, 3.05) is 0 Å². The van der Waals surface area contributed by atoms with Crippen molar-refractivity contribution in [1.82, 2.24) is 0 Å². The molecule has 120 valence electrons. The van der Waals surface area contributed by atoms with Gasteiger partial charge in [-0.15, -0.1) is 0 Å². The molecule has 0 saturated heterocycles. The molecule has 1 aromatic carbocycles. The molecule has 3 heteroatoms. The van der Waals surface area contributed by atoms with Gasteiger partial charge < -0.3 is 15.3 Å². The summed E-state index contributed by atoms with van der Waals surface area (Å²) in [5.74, 6) is 0.225. The summed E-state index contributed by atoms with van der Waals surface area (Å²) in [5.41, 5.74) is -0.291. The van der Waals surface area contributed by atoms with Crippen molar-refractivity contribution in [3.63, 3.8) is 0 Å². The van der Waals surface area contributed by atoms with Gasteiger partial charge in [-0.25, -0.2) is 0 Å². The minimum atomic E-state index is -1.14. The average Bonchev–Trinajstić information content (AvgIpc) is 2.83. The first-order valence-electron chi connectivity index (χ1n) is 8.55. The van der Waals surface area contributed by atoms with Crippen LogP contribution >= 0.6 is 0 Å². The average molecular weight is 302 g/mol. The molecule has 2 saturated carbocycles. The van der Waals surface area contributed by atoms with Crippen molar-refractivity contribution in [1.29, 1.82) is 0 Å². The lowest BCUT2D eigenvalue weighted by Gasteiger charge is -2.60. The number of fused-ring (bicyclic) bond motifs is 5. The Kier molecular flexibility index (Phi) is 2.82. The Hall–Kier alpha value is -1.06. The molecule has 3 N–H and O–H groups in total. The van der Waals surface area contributed by atoms with E-state index in [9.17, 15) is 15.3 Å². The van der Waals surface area contributed by atoms with Crippen LogP contribution in [-0.2, 0) is 6.42 Å². The topological polar surface area (TPSA) is 60.7 Å². The van der Waals surface area contributed by atoms with Gasteiger partial charge in [-0.05, 0) is 55.6 Å². The molecular formula is C19H26O3. The summed E-state index contributed by atoms with van der Waals surface area (Å²) in [6, 6.07) is 5.52. The van der Waals surface area contributed by atoms with Crippen molar-refractivity contribution in [3.8, 4) is 5.75 Å². The highest BCUT2D eigenvalue weighted by Crippen LogP contribution is 2.65.